The molecule has 3 unspecified atom stereocenters. The number of rotatable bonds is 1. The zero-order chi connectivity index (χ0) is 13.6. The minimum atomic E-state index is -0.151. The molecule has 110 valence electrons. The van der Waals surface area contributed by atoms with E-state index < -0.39 is 0 Å². The second-order valence-electron chi connectivity index (χ2n) is 5.54. The zero-order valence-corrected chi connectivity index (χ0v) is 12.5. The van der Waals surface area contributed by atoms with Crippen LogP contribution in [0.25, 0.3) is 0 Å². The number of carbonyl (C=O) groups is 1. The van der Waals surface area contributed by atoms with Gasteiger partial charge in [-0.05, 0) is 42.9 Å². The van der Waals surface area contributed by atoms with E-state index in [0.717, 1.165) is 19.4 Å². The third-order valence-electron chi connectivity index (χ3n) is 4.39. The number of hydrogen-bond donors (Lipinski definition) is 2. The van der Waals surface area contributed by atoms with Gasteiger partial charge in [0.15, 0.2) is 0 Å². The molecule has 1 aromatic rings. The molecule has 20 heavy (non-hydrogen) atoms. The van der Waals surface area contributed by atoms with Crippen LogP contribution in [0.5, 0.6) is 5.75 Å². The SMILES string of the molecule is Cl.NC1CCC2CN(C(=O)c3cc(Cl)ccc3O)CC12. The van der Waals surface area contributed by atoms with Gasteiger partial charge in [-0.2, -0.15) is 0 Å². The van der Waals surface area contributed by atoms with Gasteiger partial charge in [0.25, 0.3) is 5.91 Å². The third kappa shape index (κ3) is 2.60. The predicted octanol–water partition coefficient (Wildman–Crippen LogP) is 2.28. The van der Waals surface area contributed by atoms with Crippen molar-refractivity contribution in [1.29, 1.82) is 0 Å². The molecule has 2 fully saturated rings. The highest BCUT2D eigenvalue weighted by atomic mass is 35.5. The maximum absolute atomic E-state index is 12.4. The molecule has 3 atom stereocenters. The summed E-state index contributed by atoms with van der Waals surface area (Å²) in [5.41, 5.74) is 6.35. The number of nitrogens with zero attached hydrogens (tertiary/aromatic N) is 1. The summed E-state index contributed by atoms with van der Waals surface area (Å²) in [7, 11) is 0. The van der Waals surface area contributed by atoms with Gasteiger partial charge in [-0.15, -0.1) is 12.4 Å². The van der Waals surface area contributed by atoms with Crippen molar-refractivity contribution < 1.29 is 9.90 Å². The molecule has 1 aliphatic carbocycles. The van der Waals surface area contributed by atoms with Crippen molar-refractivity contribution in [2.45, 2.75) is 18.9 Å². The monoisotopic (exact) mass is 316 g/mol. The molecule has 3 N–H and O–H groups in total. The van der Waals surface area contributed by atoms with E-state index in [2.05, 4.69) is 0 Å². The molecule has 2 aliphatic rings. The molecule has 0 spiro atoms. The number of fused-ring (bicyclic) bond motifs is 1. The summed E-state index contributed by atoms with van der Waals surface area (Å²) < 4.78 is 0. The van der Waals surface area contributed by atoms with Crippen LogP contribution in [0.2, 0.25) is 5.02 Å². The van der Waals surface area contributed by atoms with Crippen molar-refractivity contribution in [3.63, 3.8) is 0 Å². The van der Waals surface area contributed by atoms with Crippen LogP contribution in [0.4, 0.5) is 0 Å². The van der Waals surface area contributed by atoms with Crippen molar-refractivity contribution in [3.8, 4) is 5.75 Å². The minimum absolute atomic E-state index is 0. The van der Waals surface area contributed by atoms with Gasteiger partial charge in [-0.25, -0.2) is 0 Å². The molecule has 4 nitrogen and oxygen atoms in total. The lowest BCUT2D eigenvalue weighted by atomic mass is 9.98. The third-order valence-corrected chi connectivity index (χ3v) is 4.62. The van der Waals surface area contributed by atoms with Crippen LogP contribution in [-0.2, 0) is 0 Å². The Morgan fingerprint density at radius 1 is 1.35 bits per heavy atom. The average molecular weight is 317 g/mol. The zero-order valence-electron chi connectivity index (χ0n) is 11.0. The maximum atomic E-state index is 12.4. The van der Waals surface area contributed by atoms with Crippen LogP contribution in [-0.4, -0.2) is 35.0 Å². The highest BCUT2D eigenvalue weighted by Crippen LogP contribution is 2.38. The van der Waals surface area contributed by atoms with Crippen molar-refractivity contribution in [3.05, 3.63) is 28.8 Å². The van der Waals surface area contributed by atoms with E-state index in [1.165, 1.54) is 12.1 Å². The van der Waals surface area contributed by atoms with Gasteiger partial charge in [0.1, 0.15) is 5.75 Å². The van der Waals surface area contributed by atoms with E-state index in [1.807, 2.05) is 0 Å². The molecule has 1 heterocycles. The van der Waals surface area contributed by atoms with Crippen LogP contribution in [0.15, 0.2) is 18.2 Å². The molecule has 0 aromatic heterocycles. The number of phenolic OH excluding ortho intramolecular Hbond substituents is 1. The summed E-state index contributed by atoms with van der Waals surface area (Å²) in [6.45, 7) is 1.43. The van der Waals surface area contributed by atoms with Gasteiger partial charge >= 0.3 is 0 Å². The van der Waals surface area contributed by atoms with Crippen LogP contribution in [0.1, 0.15) is 23.2 Å². The number of amides is 1. The Morgan fingerprint density at radius 2 is 2.10 bits per heavy atom. The molecular formula is C14H18Cl2N2O2. The van der Waals surface area contributed by atoms with Crippen LogP contribution in [0, 0.1) is 11.8 Å². The van der Waals surface area contributed by atoms with Crippen LogP contribution >= 0.6 is 24.0 Å². The summed E-state index contributed by atoms with van der Waals surface area (Å²) in [6, 6.07) is 4.75. The fraction of sp³-hybridized carbons (Fsp3) is 0.500. The molecule has 1 aliphatic heterocycles. The second-order valence-corrected chi connectivity index (χ2v) is 5.97. The highest BCUT2D eigenvalue weighted by molar-refractivity contribution is 6.31. The van der Waals surface area contributed by atoms with Crippen LogP contribution in [0.3, 0.4) is 0 Å². The van der Waals surface area contributed by atoms with Crippen molar-refractivity contribution in [1.82, 2.24) is 4.90 Å². The van der Waals surface area contributed by atoms with Gasteiger partial charge in [0.2, 0.25) is 0 Å². The quantitative estimate of drug-likeness (QED) is 0.835. The molecule has 0 bridgehead atoms. The average Bonchev–Trinajstić information content (AvgIpc) is 2.94. The Morgan fingerprint density at radius 3 is 2.80 bits per heavy atom. The summed E-state index contributed by atoms with van der Waals surface area (Å²) >= 11 is 5.88. The highest BCUT2D eigenvalue weighted by Gasteiger charge is 2.42. The molecule has 3 rings (SSSR count). The van der Waals surface area contributed by atoms with Gasteiger partial charge in [-0.1, -0.05) is 11.6 Å². The van der Waals surface area contributed by atoms with E-state index >= 15 is 0 Å². The molecule has 6 heteroatoms. The Hall–Kier alpha value is -0.970. The summed E-state index contributed by atoms with van der Waals surface area (Å²) in [5.74, 6) is 0.753. The van der Waals surface area contributed by atoms with E-state index in [9.17, 15) is 9.90 Å². The maximum Gasteiger partial charge on any atom is 0.257 e. The van der Waals surface area contributed by atoms with Crippen molar-refractivity contribution >= 4 is 29.9 Å². The Labute approximate surface area is 129 Å². The minimum Gasteiger partial charge on any atom is -0.507 e. The first-order valence-electron chi connectivity index (χ1n) is 6.59. The topological polar surface area (TPSA) is 66.6 Å². The van der Waals surface area contributed by atoms with Gasteiger partial charge in [-0.3, -0.25) is 4.79 Å². The number of carbonyl (C=O) groups excluding carboxylic acids is 1. The van der Waals surface area contributed by atoms with E-state index in [0.29, 0.717) is 23.4 Å². The van der Waals surface area contributed by atoms with Crippen LogP contribution < -0.4 is 5.73 Å². The second kappa shape index (κ2) is 5.80. The summed E-state index contributed by atoms with van der Waals surface area (Å²) in [6.07, 6.45) is 2.15. The fourth-order valence-electron chi connectivity index (χ4n) is 3.32. The fourth-order valence-corrected chi connectivity index (χ4v) is 3.50. The first kappa shape index (κ1) is 15.4. The molecule has 1 amide bonds. The largest absolute Gasteiger partial charge is 0.507 e. The number of hydrogen-bond acceptors (Lipinski definition) is 3. The Kier molecular flexibility index (Phi) is 4.47. The number of halogens is 2. The van der Waals surface area contributed by atoms with E-state index in [1.54, 1.807) is 11.0 Å². The molecule has 0 radical (unpaired) electrons. The number of likely N-dealkylation sites (tertiary alicyclic amines) is 1. The molecule has 1 saturated heterocycles. The normalized spacial score (nSPS) is 28.1. The Bertz CT molecular complexity index is 524. The summed E-state index contributed by atoms with van der Waals surface area (Å²) in [5, 5.41) is 10.2. The first-order chi connectivity index (χ1) is 9.06. The number of benzene rings is 1. The Balaban J connectivity index is 0.00000147. The van der Waals surface area contributed by atoms with Crippen molar-refractivity contribution in [2.24, 2.45) is 17.6 Å². The first-order valence-corrected chi connectivity index (χ1v) is 6.97. The lowest BCUT2D eigenvalue weighted by Gasteiger charge is -2.19. The number of nitrogens with two attached hydrogens (primary N) is 1. The lowest BCUT2D eigenvalue weighted by Crippen LogP contribution is -2.33. The molecule has 1 aromatic carbocycles. The predicted molar refractivity (Wildman–Crippen MR) is 80.5 cm³/mol. The standard InChI is InChI=1S/C14H17ClN2O2.ClH/c15-9-2-4-13(18)10(5-9)14(19)17-6-8-1-3-12(16)11(8)7-17;/h2,4-5,8,11-12,18H,1,3,6-7,16H2;1H. The van der Waals surface area contributed by atoms with Gasteiger partial charge in [0, 0.05) is 24.2 Å². The molecule has 1 saturated carbocycles. The van der Waals surface area contributed by atoms with Gasteiger partial charge in [0.05, 0.1) is 5.56 Å². The lowest BCUT2D eigenvalue weighted by molar-refractivity contribution is 0.0776. The van der Waals surface area contributed by atoms with E-state index in [4.69, 9.17) is 17.3 Å². The summed E-state index contributed by atoms with van der Waals surface area (Å²) in [4.78, 5) is 14.2. The smallest absolute Gasteiger partial charge is 0.257 e. The van der Waals surface area contributed by atoms with E-state index in [-0.39, 0.29) is 35.7 Å². The van der Waals surface area contributed by atoms with Crippen molar-refractivity contribution in [2.75, 3.05) is 13.1 Å². The number of phenols is 1. The van der Waals surface area contributed by atoms with Gasteiger partial charge < -0.3 is 15.7 Å². The number of aromatic hydroxyl groups is 1. The molecular weight excluding hydrogens is 299 g/mol.